The minimum Gasteiger partial charge on any atom is -0.489 e. The summed E-state index contributed by atoms with van der Waals surface area (Å²) in [7, 11) is 0. The molecular formula is C14H11NO4S. The normalized spacial score (nSPS) is 10.0. The number of hydrogen-bond acceptors (Lipinski definition) is 6. The summed E-state index contributed by atoms with van der Waals surface area (Å²) in [6.07, 6.45) is 0. The van der Waals surface area contributed by atoms with E-state index >= 15 is 0 Å². The van der Waals surface area contributed by atoms with E-state index < -0.39 is 0 Å². The van der Waals surface area contributed by atoms with Crippen molar-refractivity contribution in [1.82, 2.24) is 0 Å². The van der Waals surface area contributed by atoms with Crippen LogP contribution in [-0.4, -0.2) is 5.26 Å². The second-order valence-corrected chi connectivity index (χ2v) is 4.57. The maximum atomic E-state index is 8.71. The van der Waals surface area contributed by atoms with Crippen molar-refractivity contribution in [3.8, 4) is 11.8 Å². The molecular weight excluding hydrogens is 278 g/mol. The first kappa shape index (κ1) is 14.4. The molecule has 2 rings (SSSR count). The molecule has 0 aliphatic rings. The summed E-state index contributed by atoms with van der Waals surface area (Å²) in [5.74, 6) is 0.712. The molecule has 20 heavy (non-hydrogen) atoms. The Labute approximate surface area is 120 Å². The fourth-order valence-electron chi connectivity index (χ4n) is 1.49. The van der Waals surface area contributed by atoms with Gasteiger partial charge in [0.05, 0.1) is 23.7 Å². The molecule has 0 aliphatic carbocycles. The minimum atomic E-state index is 0.425. The lowest BCUT2D eigenvalue weighted by Crippen LogP contribution is -1.95. The first-order chi connectivity index (χ1) is 9.81. The van der Waals surface area contributed by atoms with Crippen LogP contribution in [0.15, 0.2) is 53.4 Å². The summed E-state index contributed by atoms with van der Waals surface area (Å²) in [4.78, 5) is 0.768. The molecule has 0 spiro atoms. The Hall–Kier alpha value is -2.04. The van der Waals surface area contributed by atoms with E-state index in [0.29, 0.717) is 17.9 Å². The number of nitriles is 1. The van der Waals surface area contributed by atoms with Crippen molar-refractivity contribution in [2.24, 2.45) is 0 Å². The molecule has 1 N–H and O–H groups in total. The van der Waals surface area contributed by atoms with Crippen molar-refractivity contribution >= 4 is 12.0 Å². The highest BCUT2D eigenvalue weighted by Crippen LogP contribution is 2.22. The van der Waals surface area contributed by atoms with Gasteiger partial charge >= 0.3 is 0 Å². The monoisotopic (exact) mass is 289 g/mol. The predicted molar refractivity (Wildman–Crippen MR) is 72.6 cm³/mol. The summed E-state index contributed by atoms with van der Waals surface area (Å²) in [5.41, 5.74) is 1.61. The van der Waals surface area contributed by atoms with Gasteiger partial charge in [0.1, 0.15) is 12.4 Å². The highest BCUT2D eigenvalue weighted by Gasteiger charge is 1.99. The van der Waals surface area contributed by atoms with E-state index in [2.05, 4.69) is 15.4 Å². The average Bonchev–Trinajstić information content (AvgIpc) is 2.52. The zero-order valence-electron chi connectivity index (χ0n) is 10.4. The van der Waals surface area contributed by atoms with Gasteiger partial charge in [-0.3, -0.25) is 0 Å². The Morgan fingerprint density at radius 3 is 2.35 bits per heavy atom. The standard InChI is InChI=1S/C14H11NO4S/c15-9-11-1-3-12(4-2-11)10-17-13-5-7-14(8-6-13)20-19-18-16/h1-8,16H,10H2. The van der Waals surface area contributed by atoms with Crippen LogP contribution in [0.4, 0.5) is 0 Å². The average molecular weight is 289 g/mol. The Bertz CT molecular complexity index is 578. The van der Waals surface area contributed by atoms with Gasteiger partial charge in [-0.1, -0.05) is 17.2 Å². The molecule has 0 heterocycles. The zero-order valence-corrected chi connectivity index (χ0v) is 11.2. The topological polar surface area (TPSA) is 71.7 Å². The number of rotatable bonds is 6. The Morgan fingerprint density at radius 1 is 1.05 bits per heavy atom. The lowest BCUT2D eigenvalue weighted by atomic mass is 10.2. The van der Waals surface area contributed by atoms with Crippen LogP contribution < -0.4 is 4.74 Å². The lowest BCUT2D eigenvalue weighted by molar-refractivity contribution is -0.432. The molecule has 102 valence electrons. The third kappa shape index (κ3) is 4.26. The van der Waals surface area contributed by atoms with Crippen LogP contribution in [0.3, 0.4) is 0 Å². The first-order valence-corrected chi connectivity index (χ1v) is 6.42. The number of benzene rings is 2. The van der Waals surface area contributed by atoms with Gasteiger partial charge in [0, 0.05) is 4.90 Å². The predicted octanol–water partition coefficient (Wildman–Crippen LogP) is 3.57. The molecule has 0 saturated carbocycles. The summed E-state index contributed by atoms with van der Waals surface area (Å²) in [5, 5.41) is 20.3. The van der Waals surface area contributed by atoms with Crippen LogP contribution in [0.5, 0.6) is 5.75 Å². The van der Waals surface area contributed by atoms with Gasteiger partial charge in [0.25, 0.3) is 0 Å². The largest absolute Gasteiger partial charge is 0.489 e. The number of ether oxygens (including phenoxy) is 1. The van der Waals surface area contributed by atoms with Crippen LogP contribution in [0, 0.1) is 11.3 Å². The van der Waals surface area contributed by atoms with Gasteiger partial charge in [0.15, 0.2) is 0 Å². The lowest BCUT2D eigenvalue weighted by Gasteiger charge is -2.06. The molecule has 0 aliphatic heterocycles. The van der Waals surface area contributed by atoms with Gasteiger partial charge in [-0.15, -0.1) is 4.33 Å². The van der Waals surface area contributed by atoms with Gasteiger partial charge in [-0.25, -0.2) is 5.26 Å². The quantitative estimate of drug-likeness (QED) is 0.498. The van der Waals surface area contributed by atoms with Crippen molar-refractivity contribution < 1.29 is 19.4 Å². The second kappa shape index (κ2) is 7.53. The van der Waals surface area contributed by atoms with E-state index in [4.69, 9.17) is 15.3 Å². The molecule has 5 nitrogen and oxygen atoms in total. The van der Waals surface area contributed by atoms with Crippen molar-refractivity contribution in [3.05, 3.63) is 59.7 Å². The van der Waals surface area contributed by atoms with E-state index in [-0.39, 0.29) is 0 Å². The molecule has 0 radical (unpaired) electrons. The highest BCUT2D eigenvalue weighted by atomic mass is 32.2. The summed E-state index contributed by atoms with van der Waals surface area (Å²) < 4.78 is 9.93. The van der Waals surface area contributed by atoms with Crippen LogP contribution >= 0.6 is 12.0 Å². The highest BCUT2D eigenvalue weighted by molar-refractivity contribution is 7.94. The Morgan fingerprint density at radius 2 is 1.75 bits per heavy atom. The van der Waals surface area contributed by atoms with Crippen LogP contribution in [0.2, 0.25) is 0 Å². The molecule has 0 fully saturated rings. The molecule has 2 aromatic rings. The molecule has 0 aromatic heterocycles. The van der Waals surface area contributed by atoms with Gasteiger partial charge in [-0.05, 0) is 42.0 Å². The summed E-state index contributed by atoms with van der Waals surface area (Å²) >= 11 is 0.889. The van der Waals surface area contributed by atoms with Crippen molar-refractivity contribution in [1.29, 1.82) is 5.26 Å². The first-order valence-electron chi connectivity index (χ1n) is 5.68. The number of nitrogens with zero attached hydrogens (tertiary/aromatic N) is 1. The molecule has 6 heteroatoms. The molecule has 0 atom stereocenters. The van der Waals surface area contributed by atoms with Crippen molar-refractivity contribution in [3.63, 3.8) is 0 Å². The fraction of sp³-hybridized carbons (Fsp3) is 0.0714. The third-order valence-electron chi connectivity index (χ3n) is 2.47. The fourth-order valence-corrected chi connectivity index (χ4v) is 1.84. The molecule has 0 bridgehead atoms. The molecule has 0 saturated heterocycles. The van der Waals surface area contributed by atoms with E-state index in [9.17, 15) is 0 Å². The van der Waals surface area contributed by atoms with Crippen LogP contribution in [0.1, 0.15) is 11.1 Å². The smallest absolute Gasteiger partial charge is 0.119 e. The SMILES string of the molecule is N#Cc1ccc(COc2ccc(SOOO)cc2)cc1. The number of hydrogen-bond donors (Lipinski definition) is 1. The summed E-state index contributed by atoms with van der Waals surface area (Å²) in [6, 6.07) is 16.4. The second-order valence-electron chi connectivity index (χ2n) is 3.79. The zero-order chi connectivity index (χ0) is 14.2. The van der Waals surface area contributed by atoms with Crippen LogP contribution in [-0.2, 0) is 16.0 Å². The minimum absolute atomic E-state index is 0.425. The van der Waals surface area contributed by atoms with Crippen molar-refractivity contribution in [2.45, 2.75) is 11.5 Å². The van der Waals surface area contributed by atoms with E-state index in [1.54, 1.807) is 36.4 Å². The van der Waals surface area contributed by atoms with E-state index in [0.717, 1.165) is 22.5 Å². The molecule has 0 unspecified atom stereocenters. The molecule has 0 amide bonds. The third-order valence-corrected chi connectivity index (χ3v) is 3.07. The van der Waals surface area contributed by atoms with E-state index in [1.165, 1.54) is 0 Å². The van der Waals surface area contributed by atoms with Gasteiger partial charge in [-0.2, -0.15) is 5.26 Å². The molecule has 2 aromatic carbocycles. The summed E-state index contributed by atoms with van der Waals surface area (Å²) in [6.45, 7) is 0.425. The van der Waals surface area contributed by atoms with Gasteiger partial charge < -0.3 is 4.74 Å². The Balaban J connectivity index is 1.88. The van der Waals surface area contributed by atoms with Gasteiger partial charge in [0.2, 0.25) is 0 Å². The van der Waals surface area contributed by atoms with E-state index in [1.807, 2.05) is 12.1 Å². The maximum absolute atomic E-state index is 8.71. The van der Waals surface area contributed by atoms with Crippen molar-refractivity contribution in [2.75, 3.05) is 0 Å². The maximum Gasteiger partial charge on any atom is 0.119 e. The Kier molecular flexibility index (Phi) is 5.41. The van der Waals surface area contributed by atoms with Crippen LogP contribution in [0.25, 0.3) is 0 Å².